The van der Waals surface area contributed by atoms with Gasteiger partial charge in [0.1, 0.15) is 4.88 Å². The number of thiazole rings is 1. The normalized spacial score (nSPS) is 10.3. The summed E-state index contributed by atoms with van der Waals surface area (Å²) in [7, 11) is 0. The van der Waals surface area contributed by atoms with Crippen molar-refractivity contribution in [2.75, 3.05) is 6.54 Å². The number of hydrogen-bond acceptors (Lipinski definition) is 5. The predicted octanol–water partition coefficient (Wildman–Crippen LogP) is 0.858. The number of amides is 1. The van der Waals surface area contributed by atoms with E-state index in [-0.39, 0.29) is 10.9 Å². The SMILES string of the molecule is O=C(NCCCn1cccn1)c1cnc(C(=O)O)s1. The van der Waals surface area contributed by atoms with Crippen molar-refractivity contribution in [2.45, 2.75) is 13.0 Å². The van der Waals surface area contributed by atoms with Crippen LogP contribution in [0, 0.1) is 0 Å². The van der Waals surface area contributed by atoms with Crippen LogP contribution < -0.4 is 5.32 Å². The van der Waals surface area contributed by atoms with Crippen molar-refractivity contribution in [2.24, 2.45) is 0 Å². The maximum Gasteiger partial charge on any atom is 0.365 e. The average molecular weight is 280 g/mol. The predicted molar refractivity (Wildman–Crippen MR) is 68.3 cm³/mol. The topological polar surface area (TPSA) is 97.1 Å². The van der Waals surface area contributed by atoms with Gasteiger partial charge in [0, 0.05) is 25.5 Å². The molecular weight excluding hydrogens is 268 g/mol. The number of hydrogen-bond donors (Lipinski definition) is 2. The molecule has 1 amide bonds. The van der Waals surface area contributed by atoms with Gasteiger partial charge in [0.2, 0.25) is 5.01 Å². The third-order valence-corrected chi connectivity index (χ3v) is 3.31. The van der Waals surface area contributed by atoms with Gasteiger partial charge in [0.25, 0.3) is 5.91 Å². The van der Waals surface area contributed by atoms with Crippen LogP contribution in [0.15, 0.2) is 24.7 Å². The zero-order chi connectivity index (χ0) is 13.7. The molecule has 0 spiro atoms. The maximum absolute atomic E-state index is 11.7. The number of nitrogens with one attached hydrogen (secondary N) is 1. The molecule has 0 saturated heterocycles. The second-order valence-corrected chi connectivity index (χ2v) is 4.74. The van der Waals surface area contributed by atoms with Gasteiger partial charge in [-0.1, -0.05) is 0 Å². The zero-order valence-corrected chi connectivity index (χ0v) is 10.8. The maximum atomic E-state index is 11.7. The molecule has 0 aliphatic rings. The number of carbonyl (C=O) groups is 2. The standard InChI is InChI=1S/C11H12N4O3S/c16-9(8-7-13-10(19-8)11(17)18)12-3-1-5-15-6-2-4-14-15/h2,4,6-7H,1,3,5H2,(H,12,16)(H,17,18). The summed E-state index contributed by atoms with van der Waals surface area (Å²) in [6, 6.07) is 1.84. The second kappa shape index (κ2) is 6.10. The Morgan fingerprint density at radius 1 is 1.47 bits per heavy atom. The molecular formula is C11H12N4O3S. The van der Waals surface area contributed by atoms with E-state index in [0.717, 1.165) is 24.3 Å². The van der Waals surface area contributed by atoms with E-state index >= 15 is 0 Å². The molecule has 2 aromatic heterocycles. The van der Waals surface area contributed by atoms with Crippen molar-refractivity contribution in [1.82, 2.24) is 20.1 Å². The first kappa shape index (κ1) is 13.2. The third-order valence-electron chi connectivity index (χ3n) is 2.32. The molecule has 7 nitrogen and oxygen atoms in total. The summed E-state index contributed by atoms with van der Waals surface area (Å²) in [5.74, 6) is -1.42. The quantitative estimate of drug-likeness (QED) is 0.765. The fourth-order valence-electron chi connectivity index (χ4n) is 1.44. The number of nitrogens with zero attached hydrogens (tertiary/aromatic N) is 3. The summed E-state index contributed by atoms with van der Waals surface area (Å²) >= 11 is 0.865. The fourth-order valence-corrected chi connectivity index (χ4v) is 2.11. The number of carboxylic acid groups (broad SMARTS) is 1. The summed E-state index contributed by atoms with van der Waals surface area (Å²) < 4.78 is 1.78. The molecule has 19 heavy (non-hydrogen) atoms. The summed E-state index contributed by atoms with van der Waals surface area (Å²) in [5.41, 5.74) is 0. The van der Waals surface area contributed by atoms with Gasteiger partial charge < -0.3 is 10.4 Å². The highest BCUT2D eigenvalue weighted by atomic mass is 32.1. The Balaban J connectivity index is 1.76. The van der Waals surface area contributed by atoms with Crippen LogP contribution in [0.3, 0.4) is 0 Å². The van der Waals surface area contributed by atoms with Crippen molar-refractivity contribution in [3.63, 3.8) is 0 Å². The fraction of sp³-hybridized carbons (Fsp3) is 0.273. The number of aromatic carboxylic acids is 1. The van der Waals surface area contributed by atoms with Crippen LogP contribution in [0.2, 0.25) is 0 Å². The van der Waals surface area contributed by atoms with Crippen LogP contribution in [0.1, 0.15) is 25.9 Å². The minimum absolute atomic E-state index is 0.0818. The first-order valence-electron chi connectivity index (χ1n) is 5.61. The Bertz CT molecular complexity index is 564. The first-order valence-corrected chi connectivity index (χ1v) is 6.43. The molecule has 100 valence electrons. The number of carboxylic acids is 1. The molecule has 2 N–H and O–H groups in total. The van der Waals surface area contributed by atoms with Crippen LogP contribution in [-0.4, -0.2) is 38.3 Å². The van der Waals surface area contributed by atoms with Gasteiger partial charge in [-0.25, -0.2) is 9.78 Å². The number of carbonyl (C=O) groups excluding carboxylic acids is 1. The molecule has 0 atom stereocenters. The Morgan fingerprint density at radius 2 is 2.32 bits per heavy atom. The van der Waals surface area contributed by atoms with Gasteiger partial charge in [-0.3, -0.25) is 9.48 Å². The minimum atomic E-state index is -1.12. The summed E-state index contributed by atoms with van der Waals surface area (Å²) in [6.45, 7) is 1.22. The molecule has 0 saturated carbocycles. The van der Waals surface area contributed by atoms with E-state index in [9.17, 15) is 9.59 Å². The average Bonchev–Trinajstić information content (AvgIpc) is 3.05. The molecule has 0 aromatic carbocycles. The number of aryl methyl sites for hydroxylation is 1. The van der Waals surface area contributed by atoms with E-state index in [0.29, 0.717) is 11.4 Å². The lowest BCUT2D eigenvalue weighted by Crippen LogP contribution is -2.24. The van der Waals surface area contributed by atoms with Crippen molar-refractivity contribution >= 4 is 23.2 Å². The van der Waals surface area contributed by atoms with E-state index in [4.69, 9.17) is 5.11 Å². The van der Waals surface area contributed by atoms with Crippen LogP contribution in [0.25, 0.3) is 0 Å². The highest BCUT2D eigenvalue weighted by molar-refractivity contribution is 7.15. The van der Waals surface area contributed by atoms with E-state index < -0.39 is 5.97 Å². The van der Waals surface area contributed by atoms with Crippen LogP contribution >= 0.6 is 11.3 Å². The second-order valence-electron chi connectivity index (χ2n) is 3.71. The summed E-state index contributed by atoms with van der Waals surface area (Å²) in [6.07, 6.45) is 5.57. The largest absolute Gasteiger partial charge is 0.476 e. The van der Waals surface area contributed by atoms with Gasteiger partial charge in [0.05, 0.1) is 6.20 Å². The molecule has 0 unspecified atom stereocenters. The lowest BCUT2D eigenvalue weighted by atomic mass is 10.4. The molecule has 2 rings (SSSR count). The molecule has 0 fully saturated rings. The zero-order valence-electron chi connectivity index (χ0n) is 9.94. The van der Waals surface area contributed by atoms with E-state index in [1.54, 1.807) is 10.9 Å². The molecule has 0 radical (unpaired) electrons. The van der Waals surface area contributed by atoms with Gasteiger partial charge in [-0.2, -0.15) is 5.10 Å². The molecule has 0 bridgehead atoms. The highest BCUT2D eigenvalue weighted by Gasteiger charge is 2.13. The number of rotatable bonds is 6. The number of aromatic nitrogens is 3. The van der Waals surface area contributed by atoms with Crippen LogP contribution in [0.5, 0.6) is 0 Å². The summed E-state index contributed by atoms with van der Waals surface area (Å²) in [4.78, 5) is 26.3. The Labute approximate surface area is 112 Å². The van der Waals surface area contributed by atoms with Crippen LogP contribution in [0.4, 0.5) is 0 Å². The van der Waals surface area contributed by atoms with Crippen molar-refractivity contribution in [3.05, 3.63) is 34.5 Å². The van der Waals surface area contributed by atoms with Crippen LogP contribution in [-0.2, 0) is 6.54 Å². The Kier molecular flexibility index (Phi) is 4.24. The first-order chi connectivity index (χ1) is 9.16. The highest BCUT2D eigenvalue weighted by Crippen LogP contribution is 2.12. The monoisotopic (exact) mass is 280 g/mol. The summed E-state index contributed by atoms with van der Waals surface area (Å²) in [5, 5.41) is 15.4. The van der Waals surface area contributed by atoms with Gasteiger partial charge in [-0.05, 0) is 12.5 Å². The minimum Gasteiger partial charge on any atom is -0.476 e. The van der Waals surface area contributed by atoms with Crippen molar-refractivity contribution in [3.8, 4) is 0 Å². The van der Waals surface area contributed by atoms with Crippen molar-refractivity contribution in [1.29, 1.82) is 0 Å². The smallest absolute Gasteiger partial charge is 0.365 e. The van der Waals surface area contributed by atoms with Crippen molar-refractivity contribution < 1.29 is 14.7 Å². The lowest BCUT2D eigenvalue weighted by Gasteiger charge is -2.03. The Morgan fingerprint density at radius 3 is 2.95 bits per heavy atom. The van der Waals surface area contributed by atoms with E-state index in [1.165, 1.54) is 6.20 Å². The molecule has 8 heteroatoms. The van der Waals surface area contributed by atoms with Gasteiger partial charge >= 0.3 is 5.97 Å². The molecule has 0 aliphatic carbocycles. The Hall–Kier alpha value is -2.22. The van der Waals surface area contributed by atoms with Gasteiger partial charge in [0.15, 0.2) is 0 Å². The third kappa shape index (κ3) is 3.62. The molecule has 2 heterocycles. The molecule has 2 aromatic rings. The lowest BCUT2D eigenvalue weighted by molar-refractivity contribution is 0.0696. The van der Waals surface area contributed by atoms with E-state index in [2.05, 4.69) is 15.4 Å². The van der Waals surface area contributed by atoms with E-state index in [1.807, 2.05) is 12.3 Å². The molecule has 0 aliphatic heterocycles. The van der Waals surface area contributed by atoms with Gasteiger partial charge in [-0.15, -0.1) is 11.3 Å².